The summed E-state index contributed by atoms with van der Waals surface area (Å²) in [4.78, 5) is 22.5. The van der Waals surface area contributed by atoms with Crippen LogP contribution in [-0.2, 0) is 14.3 Å². The van der Waals surface area contributed by atoms with Crippen LogP contribution in [0, 0.1) is 5.82 Å². The molecule has 0 fully saturated rings. The molecule has 96 valence electrons. The van der Waals surface area contributed by atoms with Gasteiger partial charge >= 0.3 is 11.9 Å². The van der Waals surface area contributed by atoms with Gasteiger partial charge in [0, 0.05) is 11.6 Å². The number of ether oxygens (including phenoxy) is 2. The first-order valence-corrected chi connectivity index (χ1v) is 5.31. The summed E-state index contributed by atoms with van der Waals surface area (Å²) in [6, 6.07) is 4.00. The van der Waals surface area contributed by atoms with E-state index in [9.17, 15) is 14.0 Å². The first-order chi connectivity index (χ1) is 8.60. The molecule has 1 rings (SSSR count). The normalized spacial score (nSPS) is 10.4. The fraction of sp³-hybridized carbons (Fsp3) is 0.231. The fourth-order valence-electron chi connectivity index (χ4n) is 1.34. The molecule has 18 heavy (non-hydrogen) atoms. The Labute approximate surface area is 104 Å². The quantitative estimate of drug-likeness (QED) is 0.609. The van der Waals surface area contributed by atoms with Gasteiger partial charge in [-0.15, -0.1) is 0 Å². The van der Waals surface area contributed by atoms with E-state index in [0.29, 0.717) is 0 Å². The van der Waals surface area contributed by atoms with Gasteiger partial charge in [-0.2, -0.15) is 0 Å². The van der Waals surface area contributed by atoms with Crippen molar-refractivity contribution < 1.29 is 23.5 Å². The molecule has 0 saturated carbocycles. The Bertz CT molecular complexity index is 480. The Morgan fingerprint density at radius 1 is 1.39 bits per heavy atom. The topological polar surface area (TPSA) is 52.6 Å². The average molecular weight is 252 g/mol. The van der Waals surface area contributed by atoms with E-state index >= 15 is 0 Å². The van der Waals surface area contributed by atoms with Gasteiger partial charge in [0.25, 0.3) is 0 Å². The monoisotopic (exact) mass is 252 g/mol. The van der Waals surface area contributed by atoms with Gasteiger partial charge in [-0.25, -0.2) is 14.0 Å². The molecule has 1 aromatic carbocycles. The van der Waals surface area contributed by atoms with Crippen molar-refractivity contribution in [2.24, 2.45) is 0 Å². The number of benzene rings is 1. The fourth-order valence-corrected chi connectivity index (χ4v) is 1.34. The zero-order valence-electron chi connectivity index (χ0n) is 10.1. The Balaban J connectivity index is 3.07. The molecule has 1 aromatic rings. The van der Waals surface area contributed by atoms with E-state index in [0.717, 1.165) is 6.08 Å². The maximum absolute atomic E-state index is 13.6. The van der Waals surface area contributed by atoms with E-state index in [1.807, 2.05) is 0 Å². The third-order valence-corrected chi connectivity index (χ3v) is 2.13. The van der Waals surface area contributed by atoms with Crippen LogP contribution in [0.2, 0.25) is 0 Å². The van der Waals surface area contributed by atoms with Gasteiger partial charge in [0.05, 0.1) is 19.3 Å². The highest BCUT2D eigenvalue weighted by molar-refractivity contribution is 5.95. The van der Waals surface area contributed by atoms with E-state index in [1.54, 1.807) is 6.92 Å². The molecular weight excluding hydrogens is 239 g/mol. The van der Waals surface area contributed by atoms with Crippen molar-refractivity contribution >= 4 is 18.0 Å². The molecule has 0 unspecified atom stereocenters. The lowest BCUT2D eigenvalue weighted by atomic mass is 10.1. The highest BCUT2D eigenvalue weighted by Gasteiger charge is 2.13. The highest BCUT2D eigenvalue weighted by atomic mass is 19.1. The number of rotatable bonds is 4. The average Bonchev–Trinajstić information content (AvgIpc) is 2.36. The summed E-state index contributed by atoms with van der Waals surface area (Å²) in [6.07, 6.45) is 2.26. The zero-order valence-corrected chi connectivity index (χ0v) is 10.1. The molecule has 0 aliphatic rings. The molecule has 5 heteroatoms. The van der Waals surface area contributed by atoms with Crippen LogP contribution in [0.15, 0.2) is 24.3 Å². The Hall–Kier alpha value is -2.17. The summed E-state index contributed by atoms with van der Waals surface area (Å²) in [7, 11) is 1.20. The van der Waals surface area contributed by atoms with Crippen LogP contribution in [0.1, 0.15) is 22.8 Å². The first kappa shape index (κ1) is 13.9. The van der Waals surface area contributed by atoms with Gasteiger partial charge in [0.1, 0.15) is 5.82 Å². The number of hydrogen-bond donors (Lipinski definition) is 0. The van der Waals surface area contributed by atoms with Crippen LogP contribution in [0.25, 0.3) is 6.08 Å². The number of carbonyl (C=O) groups is 2. The molecule has 0 spiro atoms. The van der Waals surface area contributed by atoms with Crippen molar-refractivity contribution in [1.82, 2.24) is 0 Å². The summed E-state index contributed by atoms with van der Waals surface area (Å²) in [5.74, 6) is -1.88. The molecule has 0 aliphatic carbocycles. The third-order valence-electron chi connectivity index (χ3n) is 2.13. The first-order valence-electron chi connectivity index (χ1n) is 5.31. The van der Waals surface area contributed by atoms with E-state index < -0.39 is 17.8 Å². The van der Waals surface area contributed by atoms with Crippen molar-refractivity contribution in [3.63, 3.8) is 0 Å². The van der Waals surface area contributed by atoms with Gasteiger partial charge in [-0.3, -0.25) is 0 Å². The molecule has 0 aromatic heterocycles. The number of methoxy groups -OCH3 is 1. The summed E-state index contributed by atoms with van der Waals surface area (Å²) in [5.41, 5.74) is 0.0513. The van der Waals surface area contributed by atoms with Gasteiger partial charge in [-0.1, -0.05) is 6.07 Å². The predicted octanol–water partition coefficient (Wildman–Crippen LogP) is 2.19. The van der Waals surface area contributed by atoms with E-state index in [2.05, 4.69) is 9.47 Å². The lowest BCUT2D eigenvalue weighted by molar-refractivity contribution is -0.137. The molecule has 0 bridgehead atoms. The largest absolute Gasteiger partial charge is 0.465 e. The van der Waals surface area contributed by atoms with E-state index in [-0.39, 0.29) is 17.7 Å². The maximum atomic E-state index is 13.6. The van der Waals surface area contributed by atoms with Gasteiger partial charge in [-0.05, 0) is 25.1 Å². The van der Waals surface area contributed by atoms with Crippen LogP contribution in [0.3, 0.4) is 0 Å². The molecular formula is C13H13FO4. The molecule has 4 nitrogen and oxygen atoms in total. The Morgan fingerprint density at radius 2 is 2.11 bits per heavy atom. The van der Waals surface area contributed by atoms with E-state index in [1.165, 1.54) is 31.4 Å². The molecule has 0 heterocycles. The minimum atomic E-state index is -0.669. The summed E-state index contributed by atoms with van der Waals surface area (Å²) in [5, 5.41) is 0. The zero-order chi connectivity index (χ0) is 13.5. The molecule has 0 saturated heterocycles. The van der Waals surface area contributed by atoms with Crippen molar-refractivity contribution in [3.8, 4) is 0 Å². The molecule has 0 aliphatic heterocycles. The lowest BCUT2D eigenvalue weighted by Crippen LogP contribution is -2.05. The van der Waals surface area contributed by atoms with Crippen LogP contribution < -0.4 is 0 Å². The summed E-state index contributed by atoms with van der Waals surface area (Å²) in [6.45, 7) is 1.89. The highest BCUT2D eigenvalue weighted by Crippen LogP contribution is 2.16. The Kier molecular flexibility index (Phi) is 5.05. The predicted molar refractivity (Wildman–Crippen MR) is 63.4 cm³/mol. The minimum absolute atomic E-state index is 0.00240. The second-order valence-corrected chi connectivity index (χ2v) is 3.28. The number of hydrogen-bond acceptors (Lipinski definition) is 4. The molecule has 0 N–H and O–H groups in total. The molecule has 0 radical (unpaired) electrons. The maximum Gasteiger partial charge on any atom is 0.338 e. The second-order valence-electron chi connectivity index (χ2n) is 3.28. The van der Waals surface area contributed by atoms with Crippen LogP contribution in [0.5, 0.6) is 0 Å². The van der Waals surface area contributed by atoms with Crippen molar-refractivity contribution in [2.75, 3.05) is 13.7 Å². The van der Waals surface area contributed by atoms with Crippen molar-refractivity contribution in [3.05, 3.63) is 41.2 Å². The lowest BCUT2D eigenvalue weighted by Gasteiger charge is -2.04. The SMILES string of the molecule is CCOC(=O)/C=C/c1c(F)cccc1C(=O)OC. The molecule has 0 amide bonds. The number of carbonyl (C=O) groups excluding carboxylic acids is 2. The van der Waals surface area contributed by atoms with Crippen molar-refractivity contribution in [1.29, 1.82) is 0 Å². The van der Waals surface area contributed by atoms with Gasteiger partial charge < -0.3 is 9.47 Å². The van der Waals surface area contributed by atoms with E-state index in [4.69, 9.17) is 0 Å². The summed E-state index contributed by atoms with van der Waals surface area (Å²) < 4.78 is 22.8. The minimum Gasteiger partial charge on any atom is -0.465 e. The summed E-state index contributed by atoms with van der Waals surface area (Å²) >= 11 is 0. The number of esters is 2. The molecule has 0 atom stereocenters. The van der Waals surface area contributed by atoms with Gasteiger partial charge in [0.15, 0.2) is 0 Å². The van der Waals surface area contributed by atoms with Crippen molar-refractivity contribution in [2.45, 2.75) is 6.92 Å². The Morgan fingerprint density at radius 3 is 2.72 bits per heavy atom. The smallest absolute Gasteiger partial charge is 0.338 e. The second kappa shape index (κ2) is 6.54. The standard InChI is InChI=1S/C13H13FO4/c1-3-18-12(15)8-7-9-10(13(16)17-2)5-4-6-11(9)14/h4-8H,3H2,1-2H3/b8-7+. The van der Waals surface area contributed by atoms with Crippen LogP contribution >= 0.6 is 0 Å². The van der Waals surface area contributed by atoms with Crippen LogP contribution in [0.4, 0.5) is 4.39 Å². The third kappa shape index (κ3) is 3.41. The van der Waals surface area contributed by atoms with Crippen LogP contribution in [-0.4, -0.2) is 25.7 Å². The number of halogens is 1. The van der Waals surface area contributed by atoms with Gasteiger partial charge in [0.2, 0.25) is 0 Å².